The molecule has 0 aliphatic heterocycles. The smallest absolute Gasteiger partial charge is 0.545 e. The number of fused-ring (bicyclic) bond motifs is 1. The molecule has 1 N–H and O–H groups in total. The molecule has 0 aliphatic carbocycles. The Bertz CT molecular complexity index is 1300. The van der Waals surface area contributed by atoms with Gasteiger partial charge >= 0.3 is 29.6 Å². The number of carboxylic acids is 1. The molecule has 0 amide bonds. The first-order valence-corrected chi connectivity index (χ1v) is 10.7. The molecule has 0 unspecified atom stereocenters. The van der Waals surface area contributed by atoms with E-state index in [1.165, 1.54) is 12.1 Å². The summed E-state index contributed by atoms with van der Waals surface area (Å²) < 4.78 is 10.7. The molecule has 0 aliphatic rings. The summed E-state index contributed by atoms with van der Waals surface area (Å²) in [4.78, 5) is 11.0. The summed E-state index contributed by atoms with van der Waals surface area (Å²) in [6.45, 7) is 1.64. The second kappa shape index (κ2) is 11.0. The van der Waals surface area contributed by atoms with Crippen molar-refractivity contribution in [2.75, 3.05) is 6.61 Å². The van der Waals surface area contributed by atoms with E-state index in [1.807, 2.05) is 45.5 Å². The molecule has 0 atom stereocenters. The monoisotopic (exact) mass is 501 g/mol. The van der Waals surface area contributed by atoms with Gasteiger partial charge in [-0.1, -0.05) is 52.3 Å². The summed E-state index contributed by atoms with van der Waals surface area (Å²) in [7, 11) is 0. The Hall–Kier alpha value is -2.32. The van der Waals surface area contributed by atoms with Crippen LogP contribution in [0.5, 0.6) is 5.75 Å². The van der Waals surface area contributed by atoms with Crippen molar-refractivity contribution in [2.45, 2.75) is 19.5 Å². The molecule has 0 radical (unpaired) electrons. The SMILES string of the molecule is N=c1n(CCCOc2cccc(C(=O)[O-])c2)c2ccccc2n1Cc1cccc(Br)c1.[Na+]. The van der Waals surface area contributed by atoms with Gasteiger partial charge < -0.3 is 23.8 Å². The van der Waals surface area contributed by atoms with E-state index in [9.17, 15) is 9.90 Å². The van der Waals surface area contributed by atoms with E-state index in [0.717, 1.165) is 21.1 Å². The molecule has 3 aromatic carbocycles. The second-order valence-corrected chi connectivity index (χ2v) is 8.11. The summed E-state index contributed by atoms with van der Waals surface area (Å²) in [5.41, 5.74) is 3.65. The minimum atomic E-state index is -1.22. The van der Waals surface area contributed by atoms with Crippen molar-refractivity contribution >= 4 is 32.9 Å². The summed E-state index contributed by atoms with van der Waals surface area (Å²) in [5.74, 6) is -0.729. The van der Waals surface area contributed by atoms with Crippen LogP contribution in [0.25, 0.3) is 11.0 Å². The molecule has 1 heterocycles. The number of rotatable bonds is 8. The third-order valence-electron chi connectivity index (χ3n) is 5.07. The molecule has 1 aromatic heterocycles. The van der Waals surface area contributed by atoms with Gasteiger partial charge in [-0.15, -0.1) is 0 Å². The van der Waals surface area contributed by atoms with Crippen LogP contribution >= 0.6 is 15.9 Å². The number of aromatic nitrogens is 2. The number of halogens is 1. The third kappa shape index (κ3) is 5.53. The number of aromatic carboxylic acids is 1. The van der Waals surface area contributed by atoms with Crippen molar-refractivity contribution in [3.8, 4) is 5.75 Å². The summed E-state index contributed by atoms with van der Waals surface area (Å²) in [6, 6.07) is 22.4. The van der Waals surface area contributed by atoms with Crippen LogP contribution in [-0.4, -0.2) is 21.7 Å². The van der Waals surface area contributed by atoms with Crippen molar-refractivity contribution in [1.82, 2.24) is 9.13 Å². The Balaban J connectivity index is 0.00000289. The molecule has 6 nitrogen and oxygen atoms in total. The van der Waals surface area contributed by atoms with Crippen molar-refractivity contribution in [2.24, 2.45) is 0 Å². The normalized spacial score (nSPS) is 10.7. The van der Waals surface area contributed by atoms with Crippen molar-refractivity contribution in [1.29, 1.82) is 5.41 Å². The van der Waals surface area contributed by atoms with E-state index in [-0.39, 0.29) is 35.1 Å². The molecular formula is C24H21BrN3NaO3. The number of carboxylic acid groups (broad SMARTS) is 1. The Morgan fingerprint density at radius 3 is 2.41 bits per heavy atom. The van der Waals surface area contributed by atoms with Crippen LogP contribution in [0.4, 0.5) is 0 Å². The number of ether oxygens (including phenoxy) is 1. The molecular weight excluding hydrogens is 481 g/mol. The fraction of sp³-hybridized carbons (Fsp3) is 0.167. The van der Waals surface area contributed by atoms with Crippen LogP contribution in [0.15, 0.2) is 77.3 Å². The molecule has 0 spiro atoms. The molecule has 4 aromatic rings. The Labute approximate surface area is 216 Å². The van der Waals surface area contributed by atoms with Crippen LogP contribution in [0.3, 0.4) is 0 Å². The number of para-hydroxylation sites is 2. The first kappa shape index (κ1) is 24.3. The summed E-state index contributed by atoms with van der Waals surface area (Å²) in [5, 5.41) is 19.7. The van der Waals surface area contributed by atoms with Gasteiger partial charge in [0.1, 0.15) is 5.75 Å². The van der Waals surface area contributed by atoms with Gasteiger partial charge in [-0.2, -0.15) is 0 Å². The minimum Gasteiger partial charge on any atom is -0.545 e. The van der Waals surface area contributed by atoms with Gasteiger partial charge in [0.25, 0.3) is 0 Å². The van der Waals surface area contributed by atoms with Gasteiger partial charge in [0.05, 0.1) is 30.2 Å². The number of nitrogens with one attached hydrogen (secondary N) is 1. The van der Waals surface area contributed by atoms with Gasteiger partial charge in [0.2, 0.25) is 5.62 Å². The number of hydrogen-bond acceptors (Lipinski definition) is 4. The number of benzene rings is 3. The van der Waals surface area contributed by atoms with E-state index in [0.29, 0.717) is 37.5 Å². The van der Waals surface area contributed by atoms with E-state index >= 15 is 0 Å². The van der Waals surface area contributed by atoms with E-state index < -0.39 is 5.97 Å². The van der Waals surface area contributed by atoms with Crippen molar-refractivity contribution < 1.29 is 44.2 Å². The van der Waals surface area contributed by atoms with Crippen LogP contribution in [-0.2, 0) is 13.1 Å². The standard InChI is InChI=1S/C24H22BrN3O3.Na/c25-19-8-3-6-17(14-19)16-28-22-11-2-1-10-21(22)27(24(28)26)12-5-13-31-20-9-4-7-18(15-20)23(29)30;/h1-4,6-11,14-15,26H,5,12-13,16H2,(H,29,30);/q;+1/p-1. The van der Waals surface area contributed by atoms with Crippen LogP contribution in [0.2, 0.25) is 0 Å². The largest absolute Gasteiger partial charge is 1.00 e. The maximum atomic E-state index is 11.0. The molecule has 0 bridgehead atoms. The fourth-order valence-electron chi connectivity index (χ4n) is 3.62. The Morgan fingerprint density at radius 2 is 1.69 bits per heavy atom. The second-order valence-electron chi connectivity index (χ2n) is 7.20. The average molecular weight is 502 g/mol. The minimum absolute atomic E-state index is 0. The van der Waals surface area contributed by atoms with E-state index in [2.05, 4.69) is 28.1 Å². The zero-order chi connectivity index (χ0) is 21.8. The van der Waals surface area contributed by atoms with Crippen LogP contribution in [0.1, 0.15) is 22.3 Å². The number of aryl methyl sites for hydroxylation is 1. The van der Waals surface area contributed by atoms with Crippen LogP contribution < -0.4 is 45.0 Å². The number of imidazole rings is 1. The molecule has 32 heavy (non-hydrogen) atoms. The molecule has 0 fully saturated rings. The number of nitrogens with zero attached hydrogens (tertiary/aromatic N) is 2. The molecule has 0 saturated carbocycles. The number of carbonyl (C=O) groups excluding carboxylic acids is 1. The predicted octanol–water partition coefficient (Wildman–Crippen LogP) is 0.570. The molecule has 158 valence electrons. The maximum absolute atomic E-state index is 11.0. The molecule has 0 saturated heterocycles. The predicted molar refractivity (Wildman–Crippen MR) is 120 cm³/mol. The van der Waals surface area contributed by atoms with Gasteiger partial charge in [-0.05, 0) is 48.4 Å². The van der Waals surface area contributed by atoms with E-state index in [4.69, 9.17) is 10.1 Å². The number of carbonyl (C=O) groups is 1. The Kier molecular flexibility index (Phi) is 8.37. The summed E-state index contributed by atoms with van der Waals surface area (Å²) in [6.07, 6.45) is 0.678. The fourth-order valence-corrected chi connectivity index (χ4v) is 4.07. The number of hydrogen-bond donors (Lipinski definition) is 1. The Morgan fingerprint density at radius 1 is 0.969 bits per heavy atom. The van der Waals surface area contributed by atoms with Gasteiger partial charge in [0, 0.05) is 16.6 Å². The summed E-state index contributed by atoms with van der Waals surface area (Å²) >= 11 is 3.51. The quantitative estimate of drug-likeness (QED) is 0.283. The van der Waals surface area contributed by atoms with Gasteiger partial charge in [-0.25, -0.2) is 0 Å². The first-order chi connectivity index (χ1) is 15.0. The zero-order valence-electron chi connectivity index (χ0n) is 17.8. The van der Waals surface area contributed by atoms with Gasteiger partial charge in [-0.3, -0.25) is 5.41 Å². The van der Waals surface area contributed by atoms with Crippen molar-refractivity contribution in [3.05, 3.63) is 94.0 Å². The molecule has 4 rings (SSSR count). The van der Waals surface area contributed by atoms with Crippen LogP contribution in [0, 0.1) is 5.41 Å². The first-order valence-electron chi connectivity index (χ1n) is 9.94. The van der Waals surface area contributed by atoms with Crippen molar-refractivity contribution in [3.63, 3.8) is 0 Å². The van der Waals surface area contributed by atoms with E-state index in [1.54, 1.807) is 12.1 Å². The van der Waals surface area contributed by atoms with Gasteiger partial charge in [0.15, 0.2) is 0 Å². The maximum Gasteiger partial charge on any atom is 1.00 e. The average Bonchev–Trinajstić information content (AvgIpc) is 3.03. The molecule has 8 heteroatoms. The zero-order valence-corrected chi connectivity index (χ0v) is 21.3. The third-order valence-corrected chi connectivity index (χ3v) is 5.56. The topological polar surface area (TPSA) is 83.1 Å².